The fourth-order valence-electron chi connectivity index (χ4n) is 1.28. The van der Waals surface area contributed by atoms with Crippen LogP contribution in [0.1, 0.15) is 25.5 Å². The molecule has 1 aromatic carbocycles. The summed E-state index contributed by atoms with van der Waals surface area (Å²) in [6.07, 6.45) is -0.0239. The molecule has 0 saturated heterocycles. The number of halogens is 1. The molecule has 0 spiro atoms. The molecule has 0 aliphatic heterocycles. The average molecular weight is 197 g/mol. The standard InChI is InChI=1S/C11H16FNO/c1-8(2)14-11(7-13)9-3-5-10(12)6-4-9/h3-6,8,11H,7,13H2,1-2H3. The van der Waals surface area contributed by atoms with Crippen molar-refractivity contribution in [3.63, 3.8) is 0 Å². The van der Waals surface area contributed by atoms with E-state index >= 15 is 0 Å². The molecule has 1 rings (SSSR count). The Morgan fingerprint density at radius 3 is 2.29 bits per heavy atom. The van der Waals surface area contributed by atoms with E-state index in [4.69, 9.17) is 10.5 Å². The second-order valence-corrected chi connectivity index (χ2v) is 3.46. The molecule has 1 unspecified atom stereocenters. The van der Waals surface area contributed by atoms with Crippen LogP contribution in [0.15, 0.2) is 24.3 Å². The van der Waals surface area contributed by atoms with E-state index in [9.17, 15) is 4.39 Å². The first-order valence-corrected chi connectivity index (χ1v) is 4.74. The number of ether oxygens (including phenoxy) is 1. The lowest BCUT2D eigenvalue weighted by Crippen LogP contribution is -2.19. The van der Waals surface area contributed by atoms with Crippen molar-refractivity contribution in [2.24, 2.45) is 5.73 Å². The van der Waals surface area contributed by atoms with Crippen molar-refractivity contribution in [2.75, 3.05) is 6.54 Å². The van der Waals surface area contributed by atoms with Gasteiger partial charge in [-0.3, -0.25) is 0 Å². The summed E-state index contributed by atoms with van der Waals surface area (Å²) in [5.41, 5.74) is 6.49. The molecule has 14 heavy (non-hydrogen) atoms. The van der Waals surface area contributed by atoms with Crippen molar-refractivity contribution in [1.29, 1.82) is 0 Å². The molecule has 2 nitrogen and oxygen atoms in total. The molecule has 0 radical (unpaired) electrons. The van der Waals surface area contributed by atoms with Crippen molar-refractivity contribution in [3.05, 3.63) is 35.6 Å². The van der Waals surface area contributed by atoms with Crippen LogP contribution in [0.5, 0.6) is 0 Å². The number of rotatable bonds is 4. The largest absolute Gasteiger partial charge is 0.370 e. The van der Waals surface area contributed by atoms with E-state index in [0.717, 1.165) is 5.56 Å². The van der Waals surface area contributed by atoms with Crippen LogP contribution in [0.4, 0.5) is 4.39 Å². The van der Waals surface area contributed by atoms with Gasteiger partial charge in [-0.15, -0.1) is 0 Å². The van der Waals surface area contributed by atoms with Crippen molar-refractivity contribution in [3.8, 4) is 0 Å². The van der Waals surface area contributed by atoms with E-state index in [1.54, 1.807) is 12.1 Å². The van der Waals surface area contributed by atoms with Gasteiger partial charge in [0.05, 0.1) is 12.2 Å². The van der Waals surface area contributed by atoms with Gasteiger partial charge < -0.3 is 10.5 Å². The van der Waals surface area contributed by atoms with Gasteiger partial charge in [-0.1, -0.05) is 12.1 Å². The maximum atomic E-state index is 12.6. The van der Waals surface area contributed by atoms with Gasteiger partial charge in [-0.05, 0) is 31.5 Å². The molecule has 0 aliphatic carbocycles. The predicted molar refractivity (Wildman–Crippen MR) is 54.4 cm³/mol. The zero-order valence-corrected chi connectivity index (χ0v) is 8.53. The van der Waals surface area contributed by atoms with E-state index in [0.29, 0.717) is 6.54 Å². The molecule has 0 fully saturated rings. The summed E-state index contributed by atoms with van der Waals surface area (Å²) in [6, 6.07) is 6.24. The predicted octanol–water partition coefficient (Wildman–Crippen LogP) is 2.25. The lowest BCUT2D eigenvalue weighted by molar-refractivity contribution is 0.0119. The molecule has 0 heterocycles. The normalized spacial score (nSPS) is 13.2. The van der Waals surface area contributed by atoms with Crippen LogP contribution in [0, 0.1) is 5.82 Å². The smallest absolute Gasteiger partial charge is 0.123 e. The van der Waals surface area contributed by atoms with E-state index < -0.39 is 0 Å². The number of nitrogens with two attached hydrogens (primary N) is 1. The Kier molecular flexibility index (Phi) is 4.04. The maximum absolute atomic E-state index is 12.6. The summed E-state index contributed by atoms with van der Waals surface area (Å²) < 4.78 is 18.2. The van der Waals surface area contributed by atoms with Crippen molar-refractivity contribution in [2.45, 2.75) is 26.1 Å². The van der Waals surface area contributed by atoms with Crippen LogP contribution in [0.2, 0.25) is 0 Å². The van der Waals surface area contributed by atoms with Gasteiger partial charge in [-0.25, -0.2) is 4.39 Å². The summed E-state index contributed by atoms with van der Waals surface area (Å²) >= 11 is 0. The third-order valence-corrected chi connectivity index (χ3v) is 1.89. The van der Waals surface area contributed by atoms with E-state index in [1.807, 2.05) is 13.8 Å². The second-order valence-electron chi connectivity index (χ2n) is 3.46. The summed E-state index contributed by atoms with van der Waals surface area (Å²) in [5.74, 6) is -0.242. The Morgan fingerprint density at radius 2 is 1.86 bits per heavy atom. The van der Waals surface area contributed by atoms with Crippen LogP contribution in [0.3, 0.4) is 0 Å². The number of hydrogen-bond donors (Lipinski definition) is 1. The maximum Gasteiger partial charge on any atom is 0.123 e. The van der Waals surface area contributed by atoms with Gasteiger partial charge in [0.15, 0.2) is 0 Å². The Balaban J connectivity index is 2.73. The highest BCUT2D eigenvalue weighted by Crippen LogP contribution is 2.18. The van der Waals surface area contributed by atoms with Crippen LogP contribution in [-0.4, -0.2) is 12.6 Å². The molecule has 78 valence electrons. The second kappa shape index (κ2) is 5.08. The highest BCUT2D eigenvalue weighted by molar-refractivity contribution is 5.19. The van der Waals surface area contributed by atoms with Gasteiger partial charge >= 0.3 is 0 Å². The van der Waals surface area contributed by atoms with Gasteiger partial charge in [0.25, 0.3) is 0 Å². The first kappa shape index (κ1) is 11.1. The highest BCUT2D eigenvalue weighted by atomic mass is 19.1. The SMILES string of the molecule is CC(C)OC(CN)c1ccc(F)cc1. The van der Waals surface area contributed by atoms with Crippen molar-refractivity contribution in [1.82, 2.24) is 0 Å². The quantitative estimate of drug-likeness (QED) is 0.803. The van der Waals surface area contributed by atoms with Gasteiger partial charge in [0.2, 0.25) is 0 Å². The number of benzene rings is 1. The minimum Gasteiger partial charge on any atom is -0.370 e. The molecule has 0 saturated carbocycles. The van der Waals surface area contributed by atoms with Crippen LogP contribution in [0.25, 0.3) is 0 Å². The first-order valence-electron chi connectivity index (χ1n) is 4.74. The van der Waals surface area contributed by atoms with Crippen LogP contribution < -0.4 is 5.73 Å². The fraction of sp³-hybridized carbons (Fsp3) is 0.455. The van der Waals surface area contributed by atoms with Crippen molar-refractivity contribution < 1.29 is 9.13 Å². The lowest BCUT2D eigenvalue weighted by Gasteiger charge is -2.18. The third-order valence-electron chi connectivity index (χ3n) is 1.89. The Morgan fingerprint density at radius 1 is 1.29 bits per heavy atom. The summed E-state index contributed by atoms with van der Waals surface area (Å²) in [7, 11) is 0. The first-order chi connectivity index (χ1) is 6.63. The molecule has 0 aliphatic rings. The van der Waals surface area contributed by atoms with E-state index in [2.05, 4.69) is 0 Å². The van der Waals surface area contributed by atoms with Gasteiger partial charge in [0.1, 0.15) is 5.82 Å². The van der Waals surface area contributed by atoms with E-state index in [1.165, 1.54) is 12.1 Å². The molecular weight excluding hydrogens is 181 g/mol. The zero-order chi connectivity index (χ0) is 10.6. The molecular formula is C11H16FNO. The third kappa shape index (κ3) is 3.09. The Bertz CT molecular complexity index is 271. The van der Waals surface area contributed by atoms with Crippen LogP contribution in [-0.2, 0) is 4.74 Å². The topological polar surface area (TPSA) is 35.2 Å². The lowest BCUT2D eigenvalue weighted by atomic mass is 10.1. The summed E-state index contributed by atoms with van der Waals surface area (Å²) in [6.45, 7) is 4.31. The molecule has 3 heteroatoms. The molecule has 1 atom stereocenters. The number of hydrogen-bond acceptors (Lipinski definition) is 2. The Hall–Kier alpha value is -0.930. The molecule has 0 aromatic heterocycles. The molecule has 0 bridgehead atoms. The highest BCUT2D eigenvalue weighted by Gasteiger charge is 2.11. The molecule has 0 amide bonds. The monoisotopic (exact) mass is 197 g/mol. The minimum atomic E-state index is -0.242. The molecule has 1 aromatic rings. The summed E-state index contributed by atoms with van der Waals surface area (Å²) in [5, 5.41) is 0. The Labute approximate surface area is 83.9 Å². The van der Waals surface area contributed by atoms with Gasteiger partial charge in [0, 0.05) is 6.54 Å². The van der Waals surface area contributed by atoms with Crippen molar-refractivity contribution >= 4 is 0 Å². The zero-order valence-electron chi connectivity index (χ0n) is 8.53. The average Bonchev–Trinajstić information content (AvgIpc) is 2.15. The minimum absolute atomic E-state index is 0.119. The van der Waals surface area contributed by atoms with Crippen LogP contribution >= 0.6 is 0 Å². The van der Waals surface area contributed by atoms with Gasteiger partial charge in [-0.2, -0.15) is 0 Å². The van der Waals surface area contributed by atoms with E-state index in [-0.39, 0.29) is 18.0 Å². The summed E-state index contributed by atoms with van der Waals surface area (Å²) in [4.78, 5) is 0. The fourth-order valence-corrected chi connectivity index (χ4v) is 1.28. The molecule has 2 N–H and O–H groups in total.